The quantitative estimate of drug-likeness (QED) is 0.227. The SMILES string of the molecule is F/C(=C1/N=C([P+](c2ccccc2)(c2ccccc2)c2ccccc2)SC1(C(F)(F)F)C(F)(F)F)C(F)(F)F. The van der Waals surface area contributed by atoms with Gasteiger partial charge in [0.25, 0.3) is 4.75 Å². The van der Waals surface area contributed by atoms with Gasteiger partial charge in [0.05, 0.1) is 0 Å². The van der Waals surface area contributed by atoms with Gasteiger partial charge in [0, 0.05) is 0 Å². The van der Waals surface area contributed by atoms with Crippen molar-refractivity contribution >= 4 is 39.7 Å². The molecule has 0 aliphatic carbocycles. The number of benzene rings is 3. The van der Waals surface area contributed by atoms with Crippen molar-refractivity contribution < 1.29 is 43.9 Å². The molecule has 0 unspecified atom stereocenters. The van der Waals surface area contributed by atoms with Gasteiger partial charge in [-0.15, -0.1) is 0 Å². The monoisotopic (exact) mass is 582 g/mol. The molecule has 1 heterocycles. The molecule has 1 nitrogen and oxygen atoms in total. The molecule has 0 saturated heterocycles. The van der Waals surface area contributed by atoms with Gasteiger partial charge in [-0.1, -0.05) is 54.6 Å². The second-order valence-corrected chi connectivity index (χ2v) is 12.8. The van der Waals surface area contributed by atoms with Crippen LogP contribution in [0.15, 0.2) is 108 Å². The number of thioether (sulfide) groups is 1. The van der Waals surface area contributed by atoms with E-state index >= 15 is 0 Å². The van der Waals surface area contributed by atoms with Gasteiger partial charge < -0.3 is 0 Å². The van der Waals surface area contributed by atoms with Gasteiger partial charge >= 0.3 is 18.5 Å². The van der Waals surface area contributed by atoms with Gasteiger partial charge in [0.1, 0.15) is 21.6 Å². The fraction of sp³-hybridized carbons (Fsp3) is 0.160. The molecule has 3 aromatic rings. The van der Waals surface area contributed by atoms with Crippen molar-refractivity contribution in [3.8, 4) is 0 Å². The standard InChI is InChI=1S/C25H15F10NPS/c26-19(23(27,28)29)20-22(24(30,31)32,25(33,34)35)38-21(36-20)37(16-10-4-1-5-11-16,17-12-6-2-7-13-17)18-14-8-3-9-15-18/h1-15H/q+1/b20-19+. The van der Waals surface area contributed by atoms with Crippen molar-refractivity contribution in [2.24, 2.45) is 4.99 Å². The molecule has 0 fully saturated rings. The molecule has 0 spiro atoms. The largest absolute Gasteiger partial charge is 0.444 e. The van der Waals surface area contributed by atoms with E-state index < -0.39 is 58.6 Å². The Kier molecular flexibility index (Phi) is 7.20. The van der Waals surface area contributed by atoms with E-state index in [2.05, 4.69) is 4.99 Å². The molecule has 13 heteroatoms. The lowest BCUT2D eigenvalue weighted by Gasteiger charge is -2.34. The van der Waals surface area contributed by atoms with Gasteiger partial charge in [-0.25, -0.2) is 4.99 Å². The second kappa shape index (κ2) is 9.72. The number of aliphatic imine (C=N–C) groups is 1. The van der Waals surface area contributed by atoms with Gasteiger partial charge in [-0.3, -0.25) is 0 Å². The maximum Gasteiger partial charge on any atom is 0.444 e. The summed E-state index contributed by atoms with van der Waals surface area (Å²) in [5, 5.41) is 0.654. The molecule has 0 amide bonds. The summed E-state index contributed by atoms with van der Waals surface area (Å²) in [6.07, 6.45) is -18.9. The van der Waals surface area contributed by atoms with Crippen molar-refractivity contribution in [3.63, 3.8) is 0 Å². The third-order valence-corrected chi connectivity index (χ3v) is 12.0. The first-order valence-corrected chi connectivity index (χ1v) is 13.2. The van der Waals surface area contributed by atoms with Crippen molar-refractivity contribution in [2.75, 3.05) is 0 Å². The smallest absolute Gasteiger partial charge is 0.206 e. The Bertz CT molecular complexity index is 1240. The fourth-order valence-electron chi connectivity index (χ4n) is 4.14. The molecular formula is C25H15F10NPS+. The Balaban J connectivity index is 2.21. The zero-order chi connectivity index (χ0) is 28.0. The number of rotatable bonds is 4. The van der Waals surface area contributed by atoms with Crippen LogP contribution in [0.4, 0.5) is 43.9 Å². The van der Waals surface area contributed by atoms with Crippen LogP contribution in [-0.2, 0) is 0 Å². The van der Waals surface area contributed by atoms with Crippen molar-refractivity contribution in [1.82, 2.24) is 0 Å². The van der Waals surface area contributed by atoms with Crippen LogP contribution in [0.25, 0.3) is 0 Å². The molecule has 0 radical (unpaired) electrons. The maximum absolute atomic E-state index is 14.6. The summed E-state index contributed by atoms with van der Waals surface area (Å²) in [6.45, 7) is 0. The normalized spacial score (nSPS) is 17.8. The Morgan fingerprint density at radius 2 is 0.947 bits per heavy atom. The van der Waals surface area contributed by atoms with Crippen LogP contribution in [-0.4, -0.2) is 28.1 Å². The van der Waals surface area contributed by atoms with Gasteiger partial charge in [0.2, 0.25) is 10.6 Å². The van der Waals surface area contributed by atoms with Gasteiger partial charge in [-0.2, -0.15) is 43.9 Å². The van der Waals surface area contributed by atoms with E-state index in [0.29, 0.717) is 0 Å². The van der Waals surface area contributed by atoms with Crippen LogP contribution in [0, 0.1) is 0 Å². The van der Waals surface area contributed by atoms with Crippen molar-refractivity contribution in [2.45, 2.75) is 23.3 Å². The van der Waals surface area contributed by atoms with Crippen LogP contribution < -0.4 is 15.9 Å². The predicted octanol–water partition coefficient (Wildman–Crippen LogP) is 7.69. The van der Waals surface area contributed by atoms with E-state index in [1.165, 1.54) is 72.8 Å². The molecule has 4 rings (SSSR count). The number of allylic oxidation sites excluding steroid dienone is 1. The Morgan fingerprint density at radius 3 is 1.24 bits per heavy atom. The summed E-state index contributed by atoms with van der Waals surface area (Å²) in [7, 11) is -3.80. The number of nitrogens with zero attached hydrogens (tertiary/aromatic N) is 1. The van der Waals surface area contributed by atoms with Gasteiger partial charge in [0.15, 0.2) is 7.26 Å². The lowest BCUT2D eigenvalue weighted by Crippen LogP contribution is -2.55. The first-order chi connectivity index (χ1) is 17.7. The average molecular weight is 582 g/mol. The first kappa shape index (κ1) is 28.2. The summed E-state index contributed by atoms with van der Waals surface area (Å²) in [5.74, 6) is -3.55. The molecule has 200 valence electrons. The number of halogens is 10. The van der Waals surface area contributed by atoms with E-state index in [-0.39, 0.29) is 15.9 Å². The Labute approximate surface area is 214 Å². The molecule has 38 heavy (non-hydrogen) atoms. The zero-order valence-corrected chi connectivity index (χ0v) is 20.5. The minimum Gasteiger partial charge on any atom is -0.206 e. The molecule has 0 atom stereocenters. The van der Waals surface area contributed by atoms with E-state index in [1.807, 2.05) is 0 Å². The van der Waals surface area contributed by atoms with Crippen LogP contribution in [0.2, 0.25) is 0 Å². The highest BCUT2D eigenvalue weighted by Gasteiger charge is 2.80. The average Bonchev–Trinajstić information content (AvgIpc) is 3.28. The van der Waals surface area contributed by atoms with Crippen LogP contribution in [0.5, 0.6) is 0 Å². The zero-order valence-electron chi connectivity index (χ0n) is 18.7. The fourth-order valence-corrected chi connectivity index (χ4v) is 10.6. The van der Waals surface area contributed by atoms with E-state index in [1.54, 1.807) is 18.2 Å². The lowest BCUT2D eigenvalue weighted by molar-refractivity contribution is -0.253. The van der Waals surface area contributed by atoms with Crippen LogP contribution >= 0.6 is 19.0 Å². The first-order valence-electron chi connectivity index (χ1n) is 10.6. The second-order valence-electron chi connectivity index (χ2n) is 8.01. The minimum atomic E-state index is -6.39. The molecule has 0 aromatic heterocycles. The van der Waals surface area contributed by atoms with Crippen molar-refractivity contribution in [3.05, 3.63) is 103 Å². The number of hydrogen-bond donors (Lipinski definition) is 0. The predicted molar refractivity (Wildman–Crippen MR) is 129 cm³/mol. The third kappa shape index (κ3) is 4.41. The van der Waals surface area contributed by atoms with Crippen molar-refractivity contribution in [1.29, 1.82) is 0 Å². The molecular weight excluding hydrogens is 567 g/mol. The summed E-state index contributed by atoms with van der Waals surface area (Å²) in [6, 6.07) is 22.3. The van der Waals surface area contributed by atoms with E-state index in [4.69, 9.17) is 0 Å². The molecule has 0 saturated carbocycles. The minimum absolute atomic E-state index is 0.218. The lowest BCUT2D eigenvalue weighted by atomic mass is 10.0. The summed E-state index contributed by atoms with van der Waals surface area (Å²) in [4.78, 5) is 2.40. The highest BCUT2D eigenvalue weighted by molar-refractivity contribution is 8.35. The molecule has 0 bridgehead atoms. The number of alkyl halides is 9. The molecule has 0 N–H and O–H groups in total. The highest BCUT2D eigenvalue weighted by Crippen LogP contribution is 2.70. The molecule has 1 aliphatic heterocycles. The summed E-state index contributed by atoms with van der Waals surface area (Å²) >= 11 is -0.932. The number of hydrogen-bond acceptors (Lipinski definition) is 2. The Hall–Kier alpha value is -2.85. The topological polar surface area (TPSA) is 12.4 Å². The van der Waals surface area contributed by atoms with Crippen LogP contribution in [0.3, 0.4) is 0 Å². The van der Waals surface area contributed by atoms with E-state index in [9.17, 15) is 43.9 Å². The molecule has 1 aliphatic rings. The van der Waals surface area contributed by atoms with Gasteiger partial charge in [-0.05, 0) is 48.2 Å². The summed E-state index contributed by atoms with van der Waals surface area (Å²) < 4.78 is 135. The van der Waals surface area contributed by atoms with Crippen LogP contribution in [0.1, 0.15) is 0 Å². The Morgan fingerprint density at radius 1 is 0.605 bits per heavy atom. The summed E-state index contributed by atoms with van der Waals surface area (Å²) in [5.41, 5.74) is -2.77. The molecule has 3 aromatic carbocycles. The highest BCUT2D eigenvalue weighted by atomic mass is 32.2. The maximum atomic E-state index is 14.6. The van der Waals surface area contributed by atoms with E-state index in [0.717, 1.165) is 0 Å². The third-order valence-electron chi connectivity index (χ3n) is 5.76.